The van der Waals surface area contributed by atoms with Gasteiger partial charge in [-0.3, -0.25) is 15.0 Å². The molecule has 0 spiro atoms. The normalized spacial score (nSPS) is 19.0. The number of allylic oxidation sites excluding steroid dienone is 3. The van der Waals surface area contributed by atoms with Crippen LogP contribution in [0.2, 0.25) is 0 Å². The Morgan fingerprint density at radius 2 is 1.73 bits per heavy atom. The van der Waals surface area contributed by atoms with Gasteiger partial charge in [0, 0.05) is 37.7 Å². The van der Waals surface area contributed by atoms with Crippen molar-refractivity contribution in [2.75, 3.05) is 26.2 Å². The van der Waals surface area contributed by atoms with Gasteiger partial charge in [-0.1, -0.05) is 65.8 Å². The fourth-order valence-electron chi connectivity index (χ4n) is 6.05. The molecule has 0 bridgehead atoms. The molecule has 1 aliphatic heterocycles. The van der Waals surface area contributed by atoms with Crippen molar-refractivity contribution in [3.05, 3.63) is 57.5 Å². The largest absolute Gasteiger partial charge is 0.384 e. The molecular formula is C33H52N6O4S. The number of nitrogens with two attached hydrogens (primary N) is 2. The monoisotopic (exact) mass is 628 g/mol. The van der Waals surface area contributed by atoms with Gasteiger partial charge in [-0.25, -0.2) is 8.42 Å². The van der Waals surface area contributed by atoms with Crippen LogP contribution in [0.5, 0.6) is 0 Å². The first-order valence-corrected chi connectivity index (χ1v) is 17.3. The summed E-state index contributed by atoms with van der Waals surface area (Å²) in [5.41, 5.74) is 14.1. The number of nitrogens with one attached hydrogen (secondary N) is 3. The first-order valence-electron chi connectivity index (χ1n) is 15.8. The molecule has 2 amide bonds. The average Bonchev–Trinajstić information content (AvgIpc) is 2.98. The van der Waals surface area contributed by atoms with E-state index in [0.29, 0.717) is 67.4 Å². The Morgan fingerprint density at radius 1 is 1.07 bits per heavy atom. The van der Waals surface area contributed by atoms with E-state index in [1.165, 1.54) is 0 Å². The summed E-state index contributed by atoms with van der Waals surface area (Å²) in [7, 11) is -4.11. The van der Waals surface area contributed by atoms with Crippen LogP contribution in [0.4, 0.5) is 0 Å². The molecule has 1 saturated heterocycles. The number of carbonyl (C=O) groups is 2. The smallest absolute Gasteiger partial charge is 0.241 e. The summed E-state index contributed by atoms with van der Waals surface area (Å²) in [6.07, 6.45) is 3.84. The second-order valence-electron chi connectivity index (χ2n) is 13.1. The van der Waals surface area contributed by atoms with Gasteiger partial charge in [0.25, 0.3) is 0 Å². The van der Waals surface area contributed by atoms with E-state index < -0.39 is 16.1 Å². The number of carbonyl (C=O) groups excluding carboxylic acids is 2. The van der Waals surface area contributed by atoms with Crippen molar-refractivity contribution in [1.82, 2.24) is 14.9 Å². The second kappa shape index (κ2) is 15.3. The van der Waals surface area contributed by atoms with Crippen LogP contribution in [0.3, 0.4) is 0 Å². The summed E-state index contributed by atoms with van der Waals surface area (Å²) in [6.45, 7) is 13.8. The summed E-state index contributed by atoms with van der Waals surface area (Å²) in [5.74, 6) is -0.151. The number of nitrogens with zero attached hydrogens (tertiary/aromatic N) is 1. The highest BCUT2D eigenvalue weighted by Crippen LogP contribution is 2.41. The van der Waals surface area contributed by atoms with Crippen LogP contribution in [-0.4, -0.2) is 63.2 Å². The molecule has 0 radical (unpaired) electrons. The molecular weight excluding hydrogens is 576 g/mol. The van der Waals surface area contributed by atoms with Crippen molar-refractivity contribution < 1.29 is 18.0 Å². The molecule has 1 aliphatic carbocycles. The van der Waals surface area contributed by atoms with Crippen molar-refractivity contribution in [2.24, 2.45) is 41.1 Å². The van der Waals surface area contributed by atoms with Crippen molar-refractivity contribution in [3.63, 3.8) is 0 Å². The predicted octanol–water partition coefficient (Wildman–Crippen LogP) is 3.28. The fourth-order valence-corrected chi connectivity index (χ4v) is 8.01. The highest BCUT2D eigenvalue weighted by atomic mass is 32.2. The standard InChI is InChI=1S/C33H52N6O4S/c1-20(2)26-18-27(21(3)4)30(28(19-26)22(5)6)44(42,43)38-29(17-23-8-7-9-25(16-23)31(35)36)33(41)39-14-10-24(11-15-39)32(40)37-13-12-34/h7-9,16,18,20-22,24,26,29,38H,10-15,17,19,34H2,1-6H3,(H3,35,36)(H,37,40)/t26?,29-/m0/s1. The molecule has 7 N–H and O–H groups in total. The third-order valence-corrected chi connectivity index (χ3v) is 10.4. The lowest BCUT2D eigenvalue weighted by Gasteiger charge is -2.35. The van der Waals surface area contributed by atoms with Crippen molar-refractivity contribution in [3.8, 4) is 0 Å². The number of amidine groups is 1. The first-order chi connectivity index (χ1) is 20.7. The fraction of sp³-hybridized carbons (Fsp3) is 0.606. The van der Waals surface area contributed by atoms with Gasteiger partial charge >= 0.3 is 0 Å². The Hall–Kier alpha value is -3.02. The number of benzene rings is 1. The summed E-state index contributed by atoms with van der Waals surface area (Å²) in [4.78, 5) is 28.5. The van der Waals surface area contributed by atoms with Crippen LogP contribution < -0.4 is 21.5 Å². The third-order valence-electron chi connectivity index (χ3n) is 8.74. The highest BCUT2D eigenvalue weighted by Gasteiger charge is 2.38. The molecule has 1 aromatic carbocycles. The van der Waals surface area contributed by atoms with Gasteiger partial charge in [0.15, 0.2) is 0 Å². The molecule has 1 unspecified atom stereocenters. The van der Waals surface area contributed by atoms with Crippen molar-refractivity contribution >= 4 is 27.7 Å². The minimum Gasteiger partial charge on any atom is -0.384 e. The van der Waals surface area contributed by atoms with Crippen LogP contribution in [0.25, 0.3) is 0 Å². The number of likely N-dealkylation sites (tertiary alicyclic amines) is 1. The van der Waals surface area contributed by atoms with Gasteiger partial charge in [-0.2, -0.15) is 4.72 Å². The molecule has 2 atom stereocenters. The number of hydrogen-bond donors (Lipinski definition) is 5. The minimum absolute atomic E-state index is 0.0103. The maximum atomic E-state index is 14.4. The van der Waals surface area contributed by atoms with Crippen molar-refractivity contribution in [2.45, 2.75) is 73.3 Å². The van der Waals surface area contributed by atoms with E-state index in [-0.39, 0.29) is 47.7 Å². The first kappa shape index (κ1) is 35.5. The summed E-state index contributed by atoms with van der Waals surface area (Å²) < 4.78 is 31.6. The molecule has 10 nitrogen and oxygen atoms in total. The van der Waals surface area contributed by atoms with Gasteiger partial charge < -0.3 is 21.7 Å². The highest BCUT2D eigenvalue weighted by molar-refractivity contribution is 7.93. The maximum absolute atomic E-state index is 14.4. The second-order valence-corrected chi connectivity index (χ2v) is 14.7. The number of sulfonamides is 1. The Kier molecular flexibility index (Phi) is 12.3. The quantitative estimate of drug-likeness (QED) is 0.166. The average molecular weight is 629 g/mol. The third kappa shape index (κ3) is 8.79. The summed E-state index contributed by atoms with van der Waals surface area (Å²) in [6, 6.07) is 5.90. The molecule has 0 aromatic heterocycles. The Morgan fingerprint density at radius 3 is 2.27 bits per heavy atom. The van der Waals surface area contributed by atoms with E-state index in [9.17, 15) is 18.0 Å². The summed E-state index contributed by atoms with van der Waals surface area (Å²) in [5, 5.41) is 10.7. The number of piperidine rings is 1. The Bertz CT molecular complexity index is 1370. The lowest BCUT2D eigenvalue weighted by atomic mass is 9.78. The van der Waals surface area contributed by atoms with Crippen LogP contribution in [-0.2, 0) is 26.0 Å². The molecule has 2 aliphatic rings. The van der Waals surface area contributed by atoms with Crippen LogP contribution in [0.1, 0.15) is 71.9 Å². The Balaban J connectivity index is 1.98. The molecule has 11 heteroatoms. The molecule has 44 heavy (non-hydrogen) atoms. The minimum atomic E-state index is -4.11. The van der Waals surface area contributed by atoms with Gasteiger partial charge in [0.2, 0.25) is 21.8 Å². The maximum Gasteiger partial charge on any atom is 0.241 e. The van der Waals surface area contributed by atoms with E-state index in [1.54, 1.807) is 29.2 Å². The molecule has 1 heterocycles. The number of amides is 2. The molecule has 1 aromatic rings. The van der Waals surface area contributed by atoms with Crippen molar-refractivity contribution in [1.29, 1.82) is 5.41 Å². The topological polar surface area (TPSA) is 171 Å². The van der Waals surface area contributed by atoms with E-state index in [0.717, 1.165) is 11.1 Å². The van der Waals surface area contributed by atoms with Gasteiger partial charge in [-0.15, -0.1) is 0 Å². The lowest BCUT2D eigenvalue weighted by Crippen LogP contribution is -2.53. The van der Waals surface area contributed by atoms with E-state index in [1.807, 2.05) is 27.7 Å². The van der Waals surface area contributed by atoms with Gasteiger partial charge in [-0.05, 0) is 72.1 Å². The van der Waals surface area contributed by atoms with E-state index in [4.69, 9.17) is 16.9 Å². The zero-order valence-electron chi connectivity index (χ0n) is 27.2. The van der Waals surface area contributed by atoms with Crippen LogP contribution in [0, 0.1) is 35.0 Å². The number of hydrogen-bond acceptors (Lipinski definition) is 6. The summed E-state index contributed by atoms with van der Waals surface area (Å²) >= 11 is 0. The van der Waals surface area contributed by atoms with E-state index in [2.05, 4.69) is 30.0 Å². The molecule has 1 fully saturated rings. The number of rotatable bonds is 13. The van der Waals surface area contributed by atoms with Gasteiger partial charge in [0.1, 0.15) is 11.9 Å². The molecule has 244 valence electrons. The van der Waals surface area contributed by atoms with Gasteiger partial charge in [0.05, 0.1) is 4.91 Å². The lowest BCUT2D eigenvalue weighted by molar-refractivity contribution is -0.137. The predicted molar refractivity (Wildman–Crippen MR) is 176 cm³/mol. The van der Waals surface area contributed by atoms with Crippen LogP contribution >= 0.6 is 0 Å². The number of nitrogen functional groups attached to an aromatic ring is 1. The molecule has 0 saturated carbocycles. The SMILES string of the molecule is CC(C)C1=CC(C(C)C)CC(C(C)C)=C1S(=O)(=O)N[C@@H](Cc1cccc(C(=N)N)c1)C(=O)N1CCC(C(=O)NCCN)CC1. The zero-order chi connectivity index (χ0) is 32.8. The molecule has 3 rings (SSSR count). The zero-order valence-corrected chi connectivity index (χ0v) is 28.0. The van der Waals surface area contributed by atoms with Crippen LogP contribution in [0.15, 0.2) is 46.4 Å². The van der Waals surface area contributed by atoms with E-state index >= 15 is 0 Å². The Labute approximate surface area is 263 Å².